The molecule has 2 heterocycles. The zero-order valence-electron chi connectivity index (χ0n) is 9.30. The molecule has 17 heavy (non-hydrogen) atoms. The van der Waals surface area contributed by atoms with Crippen molar-refractivity contribution in [1.82, 2.24) is 9.29 Å². The lowest BCUT2D eigenvalue weighted by molar-refractivity contribution is 0.316. The van der Waals surface area contributed by atoms with Crippen LogP contribution in [0.2, 0.25) is 0 Å². The van der Waals surface area contributed by atoms with E-state index in [9.17, 15) is 13.2 Å². The van der Waals surface area contributed by atoms with Crippen molar-refractivity contribution in [2.24, 2.45) is 5.73 Å². The van der Waals surface area contributed by atoms with Crippen LogP contribution in [0.15, 0.2) is 28.0 Å². The largest absolute Gasteiger partial charge is 0.328 e. The van der Waals surface area contributed by atoms with Gasteiger partial charge < -0.3 is 10.7 Å². The third-order valence-electron chi connectivity index (χ3n) is 2.82. The van der Waals surface area contributed by atoms with Crippen LogP contribution in [-0.2, 0) is 10.0 Å². The van der Waals surface area contributed by atoms with Crippen molar-refractivity contribution in [2.75, 3.05) is 13.1 Å². The maximum absolute atomic E-state index is 12.2. The molecule has 0 amide bonds. The number of rotatable bonds is 2. The minimum Gasteiger partial charge on any atom is -0.328 e. The van der Waals surface area contributed by atoms with Crippen molar-refractivity contribution >= 4 is 10.0 Å². The second-order valence-corrected chi connectivity index (χ2v) is 6.04. The fourth-order valence-corrected chi connectivity index (χ4v) is 3.52. The van der Waals surface area contributed by atoms with Crippen LogP contribution in [-0.4, -0.2) is 36.8 Å². The van der Waals surface area contributed by atoms with Gasteiger partial charge in [-0.25, -0.2) is 8.42 Å². The zero-order chi connectivity index (χ0) is 12.5. The first-order valence-electron chi connectivity index (χ1n) is 5.45. The number of nitrogens with one attached hydrogen (secondary N) is 1. The highest BCUT2D eigenvalue weighted by Gasteiger charge is 2.30. The molecule has 0 bridgehead atoms. The number of nitrogens with zero attached hydrogens (tertiary/aromatic N) is 1. The first kappa shape index (κ1) is 12.3. The monoisotopic (exact) mass is 257 g/mol. The molecule has 0 spiro atoms. The summed E-state index contributed by atoms with van der Waals surface area (Å²) < 4.78 is 25.7. The summed E-state index contributed by atoms with van der Waals surface area (Å²) in [7, 11) is -3.72. The van der Waals surface area contributed by atoms with Crippen molar-refractivity contribution in [3.8, 4) is 0 Å². The fraction of sp³-hybridized carbons (Fsp3) is 0.500. The molecule has 1 aliphatic rings. The molecule has 0 radical (unpaired) electrons. The molecule has 0 aliphatic carbocycles. The van der Waals surface area contributed by atoms with Crippen molar-refractivity contribution in [3.63, 3.8) is 0 Å². The van der Waals surface area contributed by atoms with Gasteiger partial charge in [0.15, 0.2) is 0 Å². The van der Waals surface area contributed by atoms with Crippen LogP contribution in [0, 0.1) is 0 Å². The van der Waals surface area contributed by atoms with Crippen LogP contribution in [0.1, 0.15) is 12.8 Å². The number of piperidine rings is 1. The topological polar surface area (TPSA) is 96.3 Å². The lowest BCUT2D eigenvalue weighted by atomic mass is 10.1. The van der Waals surface area contributed by atoms with Gasteiger partial charge in [-0.05, 0) is 25.0 Å². The summed E-state index contributed by atoms with van der Waals surface area (Å²) in [5.41, 5.74) is 5.15. The number of sulfonamides is 1. The van der Waals surface area contributed by atoms with E-state index < -0.39 is 15.6 Å². The van der Waals surface area contributed by atoms with E-state index in [0.717, 1.165) is 12.8 Å². The summed E-state index contributed by atoms with van der Waals surface area (Å²) >= 11 is 0. The minimum atomic E-state index is -3.72. The molecule has 0 unspecified atom stereocenters. The summed E-state index contributed by atoms with van der Waals surface area (Å²) in [5.74, 6) is 0. The smallest absolute Gasteiger partial charge is 0.268 e. The maximum Gasteiger partial charge on any atom is 0.268 e. The van der Waals surface area contributed by atoms with E-state index in [1.54, 1.807) is 0 Å². The van der Waals surface area contributed by atoms with Crippen molar-refractivity contribution in [1.29, 1.82) is 0 Å². The third kappa shape index (κ3) is 2.41. The first-order valence-corrected chi connectivity index (χ1v) is 6.89. The highest BCUT2D eigenvalue weighted by atomic mass is 32.2. The summed E-state index contributed by atoms with van der Waals surface area (Å²) in [6, 6.07) is 2.66. The molecule has 0 saturated carbocycles. The molecule has 1 aromatic rings. The average molecular weight is 257 g/mol. The molecule has 3 N–H and O–H groups in total. The Kier molecular flexibility index (Phi) is 3.32. The van der Waals surface area contributed by atoms with Crippen LogP contribution >= 0.6 is 0 Å². The highest BCUT2D eigenvalue weighted by molar-refractivity contribution is 7.89. The maximum atomic E-state index is 12.2. The molecule has 6 nitrogen and oxygen atoms in total. The minimum absolute atomic E-state index is 0.152. The number of hydrogen-bond donors (Lipinski definition) is 2. The number of aromatic nitrogens is 1. The molecule has 7 heteroatoms. The Morgan fingerprint density at radius 2 is 2.24 bits per heavy atom. The van der Waals surface area contributed by atoms with Crippen molar-refractivity contribution in [2.45, 2.75) is 23.8 Å². The van der Waals surface area contributed by atoms with Crippen LogP contribution in [0.3, 0.4) is 0 Å². The lowest BCUT2D eigenvalue weighted by Crippen LogP contribution is -2.46. The van der Waals surface area contributed by atoms with Gasteiger partial charge in [-0.2, -0.15) is 4.31 Å². The Balaban J connectivity index is 2.37. The van der Waals surface area contributed by atoms with Gasteiger partial charge in [-0.3, -0.25) is 4.79 Å². The van der Waals surface area contributed by atoms with E-state index in [-0.39, 0.29) is 17.5 Å². The number of nitrogens with two attached hydrogens (primary N) is 1. The van der Waals surface area contributed by atoms with Gasteiger partial charge in [0.05, 0.1) is 0 Å². The van der Waals surface area contributed by atoms with E-state index in [2.05, 4.69) is 4.98 Å². The lowest BCUT2D eigenvalue weighted by Gasteiger charge is -2.29. The number of pyridine rings is 1. The summed E-state index contributed by atoms with van der Waals surface area (Å²) in [4.78, 5) is 13.6. The highest BCUT2D eigenvalue weighted by Crippen LogP contribution is 2.17. The second kappa shape index (κ2) is 4.59. The second-order valence-electron chi connectivity index (χ2n) is 4.13. The van der Waals surface area contributed by atoms with Gasteiger partial charge in [-0.1, -0.05) is 0 Å². The fourth-order valence-electron chi connectivity index (χ4n) is 1.94. The summed E-state index contributed by atoms with van der Waals surface area (Å²) in [5, 5.41) is 0. The van der Waals surface area contributed by atoms with Crippen LogP contribution < -0.4 is 11.3 Å². The molecule has 2 rings (SSSR count). The number of H-pyrrole nitrogens is 1. The van der Waals surface area contributed by atoms with E-state index in [4.69, 9.17) is 5.73 Å². The Labute approximate surface area is 99.5 Å². The van der Waals surface area contributed by atoms with Gasteiger partial charge in [0.1, 0.15) is 4.90 Å². The van der Waals surface area contributed by atoms with Crippen molar-refractivity contribution in [3.05, 3.63) is 28.7 Å². The predicted molar refractivity (Wildman–Crippen MR) is 63.0 cm³/mol. The zero-order valence-corrected chi connectivity index (χ0v) is 10.1. The molecule has 1 fully saturated rings. The summed E-state index contributed by atoms with van der Waals surface area (Å²) in [6.07, 6.45) is 2.95. The Hall–Kier alpha value is -1.18. The molecule has 1 saturated heterocycles. The van der Waals surface area contributed by atoms with E-state index in [1.165, 1.54) is 22.6 Å². The first-order chi connectivity index (χ1) is 8.01. The van der Waals surface area contributed by atoms with E-state index in [1.807, 2.05) is 0 Å². The van der Waals surface area contributed by atoms with E-state index in [0.29, 0.717) is 6.54 Å². The predicted octanol–water partition coefficient (Wildman–Crippen LogP) is -0.513. The average Bonchev–Trinajstić information content (AvgIpc) is 2.29. The van der Waals surface area contributed by atoms with Gasteiger partial charge in [0.25, 0.3) is 5.56 Å². The third-order valence-corrected chi connectivity index (χ3v) is 4.71. The summed E-state index contributed by atoms with van der Waals surface area (Å²) in [6.45, 7) is 0.695. The van der Waals surface area contributed by atoms with Crippen LogP contribution in [0.4, 0.5) is 0 Å². The molecular formula is C10H15N3O3S. The number of aromatic amines is 1. The van der Waals surface area contributed by atoms with Gasteiger partial charge in [0, 0.05) is 25.3 Å². The van der Waals surface area contributed by atoms with Crippen LogP contribution in [0.5, 0.6) is 0 Å². The molecular weight excluding hydrogens is 242 g/mol. The quantitative estimate of drug-likeness (QED) is 0.745. The normalized spacial score (nSPS) is 22.5. The van der Waals surface area contributed by atoms with Gasteiger partial charge in [-0.15, -0.1) is 0 Å². The van der Waals surface area contributed by atoms with E-state index >= 15 is 0 Å². The Morgan fingerprint density at radius 3 is 2.88 bits per heavy atom. The van der Waals surface area contributed by atoms with Gasteiger partial charge >= 0.3 is 0 Å². The SMILES string of the molecule is N[C@@H]1CCCN(S(=O)(=O)c2ccc[nH]c2=O)C1. The molecule has 0 aromatic carbocycles. The standard InChI is InChI=1S/C10H15N3O3S/c11-8-3-2-6-13(7-8)17(15,16)9-4-1-5-12-10(9)14/h1,4-5,8H,2-3,6-7,11H2,(H,12,14)/t8-/m1/s1. The molecule has 1 atom stereocenters. The van der Waals surface area contributed by atoms with Crippen LogP contribution in [0.25, 0.3) is 0 Å². The van der Waals surface area contributed by atoms with Gasteiger partial charge in [0.2, 0.25) is 10.0 Å². The number of hydrogen-bond acceptors (Lipinski definition) is 4. The molecule has 1 aliphatic heterocycles. The molecule has 1 aromatic heterocycles. The Morgan fingerprint density at radius 1 is 1.47 bits per heavy atom. The Bertz CT molecular complexity index is 552. The molecule has 94 valence electrons. The van der Waals surface area contributed by atoms with Crippen molar-refractivity contribution < 1.29 is 8.42 Å².